The Kier molecular flexibility index (Phi) is 9.31. The molecule has 0 radical (unpaired) electrons. The molecule has 0 aliphatic carbocycles. The first kappa shape index (κ1) is 30.3. The van der Waals surface area contributed by atoms with Crippen LogP contribution in [0.15, 0.2) is 153 Å². The second-order valence-electron chi connectivity index (χ2n) is 9.89. The number of para-hydroxylation sites is 1. The Bertz CT molecular complexity index is 1810. The van der Waals surface area contributed by atoms with Crippen molar-refractivity contribution in [3.63, 3.8) is 0 Å². The Morgan fingerprint density at radius 1 is 0.511 bits per heavy atom. The molecule has 0 N–H and O–H groups in total. The number of ketones is 1. The van der Waals surface area contributed by atoms with E-state index in [4.69, 9.17) is 9.47 Å². The average molecular weight is 595 g/mol. The first-order valence-electron chi connectivity index (χ1n) is 14.1. The SMILES string of the molecule is C=CC(=O)Oc1ccc(N(C)c2ccc(C(=O)c3ccc(N(c4ccccc4)c4ccc(OC(=O)C=C)cc4)cc3)cc2)cc1. The minimum absolute atomic E-state index is 0.0937. The molecule has 45 heavy (non-hydrogen) atoms. The zero-order chi connectivity index (χ0) is 31.8. The molecular weight excluding hydrogens is 564 g/mol. The number of hydrogen-bond donors (Lipinski definition) is 0. The minimum Gasteiger partial charge on any atom is -0.423 e. The van der Waals surface area contributed by atoms with E-state index in [9.17, 15) is 14.4 Å². The lowest BCUT2D eigenvalue weighted by atomic mass is 10.0. The topological polar surface area (TPSA) is 76.2 Å². The Balaban J connectivity index is 1.32. The molecular formula is C38H30N2O5. The molecule has 0 saturated heterocycles. The summed E-state index contributed by atoms with van der Waals surface area (Å²) in [5.41, 5.74) is 5.54. The smallest absolute Gasteiger partial charge is 0.335 e. The Hall–Kier alpha value is -6.21. The summed E-state index contributed by atoms with van der Waals surface area (Å²) in [5, 5.41) is 0. The van der Waals surface area contributed by atoms with Gasteiger partial charge in [-0.05, 0) is 109 Å². The maximum atomic E-state index is 13.4. The molecule has 0 atom stereocenters. The first-order valence-corrected chi connectivity index (χ1v) is 14.1. The summed E-state index contributed by atoms with van der Waals surface area (Å²) < 4.78 is 10.4. The van der Waals surface area contributed by atoms with E-state index < -0.39 is 11.9 Å². The Morgan fingerprint density at radius 3 is 1.29 bits per heavy atom. The predicted molar refractivity (Wildman–Crippen MR) is 177 cm³/mol. The van der Waals surface area contributed by atoms with Crippen LogP contribution >= 0.6 is 0 Å². The van der Waals surface area contributed by atoms with Crippen molar-refractivity contribution in [3.05, 3.63) is 164 Å². The summed E-state index contributed by atoms with van der Waals surface area (Å²) in [4.78, 5) is 40.4. The van der Waals surface area contributed by atoms with Gasteiger partial charge in [0.25, 0.3) is 0 Å². The molecule has 0 saturated carbocycles. The summed E-state index contributed by atoms with van der Waals surface area (Å²) in [7, 11) is 1.92. The molecule has 5 aromatic rings. The van der Waals surface area contributed by atoms with Crippen molar-refractivity contribution >= 4 is 46.2 Å². The van der Waals surface area contributed by atoms with Gasteiger partial charge in [0.1, 0.15) is 11.5 Å². The van der Waals surface area contributed by atoms with Crippen LogP contribution in [0, 0.1) is 0 Å². The molecule has 222 valence electrons. The van der Waals surface area contributed by atoms with Gasteiger partial charge in [-0.25, -0.2) is 9.59 Å². The lowest BCUT2D eigenvalue weighted by Crippen LogP contribution is -2.11. The molecule has 0 heterocycles. The van der Waals surface area contributed by atoms with E-state index in [1.807, 2.05) is 108 Å². The predicted octanol–water partition coefficient (Wildman–Crippen LogP) is 8.34. The van der Waals surface area contributed by atoms with Crippen molar-refractivity contribution in [3.8, 4) is 11.5 Å². The zero-order valence-electron chi connectivity index (χ0n) is 24.6. The highest BCUT2D eigenvalue weighted by atomic mass is 16.5. The van der Waals surface area contributed by atoms with E-state index in [-0.39, 0.29) is 5.78 Å². The van der Waals surface area contributed by atoms with Gasteiger partial charge in [0.2, 0.25) is 0 Å². The van der Waals surface area contributed by atoms with E-state index in [2.05, 4.69) is 13.2 Å². The summed E-state index contributed by atoms with van der Waals surface area (Å²) in [6.07, 6.45) is 2.23. The van der Waals surface area contributed by atoms with E-state index in [0.29, 0.717) is 22.6 Å². The van der Waals surface area contributed by atoms with E-state index in [1.165, 1.54) is 0 Å². The number of carbonyl (C=O) groups excluding carboxylic acids is 3. The highest BCUT2D eigenvalue weighted by Crippen LogP contribution is 2.35. The molecule has 0 amide bonds. The molecule has 5 aromatic carbocycles. The molecule has 0 spiro atoms. The number of hydrogen-bond acceptors (Lipinski definition) is 7. The lowest BCUT2D eigenvalue weighted by molar-refractivity contribution is -0.129. The third kappa shape index (κ3) is 7.24. The highest BCUT2D eigenvalue weighted by molar-refractivity contribution is 6.09. The van der Waals surface area contributed by atoms with Crippen molar-refractivity contribution in [1.82, 2.24) is 0 Å². The van der Waals surface area contributed by atoms with Crippen LogP contribution in [0.25, 0.3) is 0 Å². The molecule has 7 heteroatoms. The summed E-state index contributed by atoms with van der Waals surface area (Å²) in [6, 6.07) is 39.0. The van der Waals surface area contributed by atoms with Gasteiger partial charge in [-0.2, -0.15) is 0 Å². The second kappa shape index (κ2) is 13.8. The normalized spacial score (nSPS) is 10.3. The number of ether oxygens (including phenoxy) is 2. The summed E-state index contributed by atoms with van der Waals surface area (Å²) in [5.74, 6) is -0.285. The van der Waals surface area contributed by atoms with Gasteiger partial charge >= 0.3 is 11.9 Å². The van der Waals surface area contributed by atoms with Crippen LogP contribution in [-0.2, 0) is 9.59 Å². The fourth-order valence-corrected chi connectivity index (χ4v) is 4.65. The van der Waals surface area contributed by atoms with E-state index >= 15 is 0 Å². The number of esters is 2. The molecule has 5 rings (SSSR count). The van der Waals surface area contributed by atoms with Crippen LogP contribution in [0.5, 0.6) is 11.5 Å². The van der Waals surface area contributed by atoms with Gasteiger partial charge in [0.15, 0.2) is 5.78 Å². The lowest BCUT2D eigenvalue weighted by Gasteiger charge is -2.25. The molecule has 0 fully saturated rings. The Morgan fingerprint density at radius 2 is 0.867 bits per heavy atom. The van der Waals surface area contributed by atoms with Crippen molar-refractivity contribution in [2.45, 2.75) is 0 Å². The van der Waals surface area contributed by atoms with Crippen LogP contribution < -0.4 is 19.3 Å². The number of carbonyl (C=O) groups is 3. The van der Waals surface area contributed by atoms with Crippen LogP contribution in [0.1, 0.15) is 15.9 Å². The van der Waals surface area contributed by atoms with Crippen molar-refractivity contribution in [2.75, 3.05) is 16.8 Å². The van der Waals surface area contributed by atoms with Crippen LogP contribution in [0.2, 0.25) is 0 Å². The molecule has 0 aromatic heterocycles. The second-order valence-corrected chi connectivity index (χ2v) is 9.89. The molecule has 0 aliphatic rings. The van der Waals surface area contributed by atoms with Crippen molar-refractivity contribution in [2.24, 2.45) is 0 Å². The third-order valence-electron chi connectivity index (χ3n) is 7.01. The highest BCUT2D eigenvalue weighted by Gasteiger charge is 2.15. The fourth-order valence-electron chi connectivity index (χ4n) is 4.65. The van der Waals surface area contributed by atoms with Crippen LogP contribution in [-0.4, -0.2) is 24.8 Å². The van der Waals surface area contributed by atoms with Gasteiger partial charge in [-0.1, -0.05) is 31.4 Å². The fraction of sp³-hybridized carbons (Fsp3) is 0.0263. The van der Waals surface area contributed by atoms with Gasteiger partial charge in [-0.15, -0.1) is 0 Å². The largest absolute Gasteiger partial charge is 0.423 e. The maximum Gasteiger partial charge on any atom is 0.335 e. The quantitative estimate of drug-likeness (QED) is 0.0658. The summed E-state index contributed by atoms with van der Waals surface area (Å²) in [6.45, 7) is 6.83. The monoisotopic (exact) mass is 594 g/mol. The molecule has 7 nitrogen and oxygen atoms in total. The average Bonchev–Trinajstić information content (AvgIpc) is 3.09. The van der Waals surface area contributed by atoms with Gasteiger partial charge in [0.05, 0.1) is 0 Å². The number of rotatable bonds is 11. The van der Waals surface area contributed by atoms with Crippen molar-refractivity contribution < 1.29 is 23.9 Å². The van der Waals surface area contributed by atoms with E-state index in [0.717, 1.165) is 40.6 Å². The standard InChI is InChI=1S/C38H30N2O5/c1-4-36(41)44-34-23-19-30(20-24-34)39(3)29-15-11-27(12-16-29)38(43)28-13-17-32(18-14-28)40(31-9-7-6-8-10-31)33-21-25-35(26-22-33)45-37(42)5-2/h4-26H,1-2H2,3H3. The minimum atomic E-state index is -0.524. The number of benzene rings is 5. The van der Waals surface area contributed by atoms with Gasteiger partial charge < -0.3 is 19.3 Å². The Labute approximate surface area is 261 Å². The van der Waals surface area contributed by atoms with Crippen LogP contribution in [0.4, 0.5) is 28.4 Å². The molecule has 0 aliphatic heterocycles. The number of nitrogens with zero attached hydrogens (tertiary/aromatic N) is 2. The third-order valence-corrected chi connectivity index (χ3v) is 7.01. The van der Waals surface area contributed by atoms with Crippen LogP contribution in [0.3, 0.4) is 0 Å². The molecule has 0 unspecified atom stereocenters. The van der Waals surface area contributed by atoms with E-state index in [1.54, 1.807) is 36.4 Å². The zero-order valence-corrected chi connectivity index (χ0v) is 24.6. The number of anilines is 5. The van der Waals surface area contributed by atoms with Gasteiger partial charge in [0, 0.05) is 58.8 Å². The van der Waals surface area contributed by atoms with Gasteiger partial charge in [-0.3, -0.25) is 4.79 Å². The first-order chi connectivity index (χ1) is 21.9. The van der Waals surface area contributed by atoms with Crippen molar-refractivity contribution in [1.29, 1.82) is 0 Å². The molecule has 0 bridgehead atoms. The summed E-state index contributed by atoms with van der Waals surface area (Å²) >= 11 is 0. The maximum absolute atomic E-state index is 13.4.